The van der Waals surface area contributed by atoms with E-state index in [-0.39, 0.29) is 11.8 Å². The van der Waals surface area contributed by atoms with Crippen LogP contribution in [0.4, 0.5) is 4.79 Å². The fourth-order valence-corrected chi connectivity index (χ4v) is 3.23. The lowest BCUT2D eigenvalue weighted by molar-refractivity contribution is -0.145. The number of carbonyl (C=O) groups is 2. The minimum Gasteiger partial charge on any atom is -0.481 e. The highest BCUT2D eigenvalue weighted by molar-refractivity contribution is 5.77. The van der Waals surface area contributed by atoms with Crippen LogP contribution in [0.5, 0.6) is 0 Å². The van der Waals surface area contributed by atoms with Gasteiger partial charge >= 0.3 is 12.1 Å². The number of ether oxygens (including phenoxy) is 1. The van der Waals surface area contributed by atoms with Gasteiger partial charge in [-0.25, -0.2) is 4.79 Å². The van der Waals surface area contributed by atoms with E-state index < -0.39 is 29.1 Å². The van der Waals surface area contributed by atoms with Crippen molar-refractivity contribution in [3.63, 3.8) is 0 Å². The number of hydrogen-bond acceptors (Lipinski definition) is 3. The molecule has 5 nitrogen and oxygen atoms in total. The maximum atomic E-state index is 11.9. The van der Waals surface area contributed by atoms with E-state index in [9.17, 15) is 14.7 Å². The van der Waals surface area contributed by atoms with Crippen molar-refractivity contribution in [3.8, 4) is 0 Å². The van der Waals surface area contributed by atoms with Gasteiger partial charge < -0.3 is 15.2 Å². The van der Waals surface area contributed by atoms with Gasteiger partial charge in [0.25, 0.3) is 0 Å². The molecule has 0 spiro atoms. The number of amides is 1. The molecule has 106 valence electrons. The summed E-state index contributed by atoms with van der Waals surface area (Å²) >= 11 is 0. The van der Waals surface area contributed by atoms with Crippen molar-refractivity contribution in [2.45, 2.75) is 45.3 Å². The number of carboxylic acid groups (broad SMARTS) is 1. The van der Waals surface area contributed by atoms with Crippen molar-refractivity contribution in [3.05, 3.63) is 12.2 Å². The van der Waals surface area contributed by atoms with E-state index in [0.717, 1.165) is 6.42 Å². The highest BCUT2D eigenvalue weighted by Crippen LogP contribution is 2.50. The third-order valence-electron chi connectivity index (χ3n) is 4.00. The summed E-state index contributed by atoms with van der Waals surface area (Å²) in [7, 11) is 0. The number of aliphatic carboxylic acids is 1. The third kappa shape index (κ3) is 2.46. The van der Waals surface area contributed by atoms with Gasteiger partial charge in [0.15, 0.2) is 0 Å². The molecule has 5 heteroatoms. The molecule has 1 saturated carbocycles. The van der Waals surface area contributed by atoms with Gasteiger partial charge in [-0.3, -0.25) is 4.79 Å². The second-order valence-corrected chi connectivity index (χ2v) is 6.62. The molecule has 0 radical (unpaired) electrons. The zero-order chi connectivity index (χ0) is 14.4. The Morgan fingerprint density at radius 1 is 1.37 bits per heavy atom. The van der Waals surface area contributed by atoms with Gasteiger partial charge in [0.05, 0.1) is 11.5 Å². The third-order valence-corrected chi connectivity index (χ3v) is 4.00. The summed E-state index contributed by atoms with van der Waals surface area (Å²) in [6, 6.07) is 0. The van der Waals surface area contributed by atoms with Crippen LogP contribution < -0.4 is 5.32 Å². The Labute approximate surface area is 113 Å². The summed E-state index contributed by atoms with van der Waals surface area (Å²) in [6.45, 7) is 7.14. The molecule has 2 aliphatic carbocycles. The molecule has 2 aliphatic rings. The van der Waals surface area contributed by atoms with E-state index in [1.165, 1.54) is 0 Å². The zero-order valence-corrected chi connectivity index (χ0v) is 11.8. The highest BCUT2D eigenvalue weighted by atomic mass is 16.6. The van der Waals surface area contributed by atoms with Gasteiger partial charge in [0, 0.05) is 5.92 Å². The second kappa shape index (κ2) is 4.25. The van der Waals surface area contributed by atoms with Crippen LogP contribution in [0.1, 0.15) is 34.1 Å². The lowest BCUT2D eigenvalue weighted by Crippen LogP contribution is -2.57. The van der Waals surface area contributed by atoms with Crippen LogP contribution in [-0.4, -0.2) is 28.3 Å². The lowest BCUT2D eigenvalue weighted by Gasteiger charge is -2.37. The molecule has 0 heterocycles. The summed E-state index contributed by atoms with van der Waals surface area (Å²) in [4.78, 5) is 23.4. The number of alkyl carbamates (subject to hydrolysis) is 1. The minimum absolute atomic E-state index is 0.00226. The van der Waals surface area contributed by atoms with Gasteiger partial charge in [0.2, 0.25) is 0 Å². The molecule has 2 N–H and O–H groups in total. The molecular weight excluding hydrogens is 246 g/mol. The van der Waals surface area contributed by atoms with Crippen molar-refractivity contribution in [1.82, 2.24) is 5.32 Å². The first-order valence-corrected chi connectivity index (χ1v) is 6.56. The maximum Gasteiger partial charge on any atom is 0.408 e. The first-order valence-electron chi connectivity index (χ1n) is 6.56. The summed E-state index contributed by atoms with van der Waals surface area (Å²) in [5.41, 5.74) is -1.36. The van der Waals surface area contributed by atoms with E-state index in [2.05, 4.69) is 5.32 Å². The number of rotatable bonds is 2. The molecule has 0 aliphatic heterocycles. The molecular formula is C14H21NO4. The molecule has 1 amide bonds. The van der Waals surface area contributed by atoms with Crippen LogP contribution in [-0.2, 0) is 9.53 Å². The number of allylic oxidation sites excluding steroid dienone is 1. The van der Waals surface area contributed by atoms with Crippen LogP contribution in [0, 0.1) is 17.8 Å². The second-order valence-electron chi connectivity index (χ2n) is 6.62. The van der Waals surface area contributed by atoms with Crippen LogP contribution in [0.2, 0.25) is 0 Å². The summed E-state index contributed by atoms with van der Waals surface area (Å²) in [6.07, 6.45) is 4.18. The fraction of sp³-hybridized carbons (Fsp3) is 0.714. The molecule has 2 bridgehead atoms. The Morgan fingerprint density at radius 3 is 2.53 bits per heavy atom. The molecule has 1 fully saturated rings. The molecule has 0 aromatic carbocycles. The Kier molecular flexibility index (Phi) is 3.11. The highest BCUT2D eigenvalue weighted by Gasteiger charge is 2.57. The molecule has 4 atom stereocenters. The quantitative estimate of drug-likeness (QED) is 0.752. The predicted molar refractivity (Wildman–Crippen MR) is 69.6 cm³/mol. The monoisotopic (exact) mass is 267 g/mol. The molecule has 0 saturated heterocycles. The predicted octanol–water partition coefficient (Wildman–Crippen LogP) is 2.18. The Hall–Kier alpha value is -1.52. The Bertz CT molecular complexity index is 437. The summed E-state index contributed by atoms with van der Waals surface area (Å²) < 4.78 is 5.23. The zero-order valence-electron chi connectivity index (χ0n) is 11.8. The number of fused-ring (bicyclic) bond motifs is 2. The molecule has 0 unspecified atom stereocenters. The lowest BCUT2D eigenvalue weighted by atomic mass is 9.77. The normalized spacial score (nSPS) is 36.3. The van der Waals surface area contributed by atoms with E-state index in [4.69, 9.17) is 4.74 Å². The van der Waals surface area contributed by atoms with Gasteiger partial charge in [-0.1, -0.05) is 12.2 Å². The topological polar surface area (TPSA) is 75.6 Å². The van der Waals surface area contributed by atoms with E-state index in [0.29, 0.717) is 0 Å². The number of carbonyl (C=O) groups excluding carboxylic acids is 1. The van der Waals surface area contributed by atoms with Crippen molar-refractivity contribution in [1.29, 1.82) is 0 Å². The standard InChI is InChI=1S/C14H21NO4/c1-13(2,3)19-12(18)15-14(4)9-6-5-8(7-9)10(14)11(16)17/h5-6,8-10H,7H2,1-4H3,(H,15,18)(H,16,17)/t8-,9+,10+,14+/m1/s1. The van der Waals surface area contributed by atoms with Crippen LogP contribution in [0.15, 0.2) is 12.2 Å². The van der Waals surface area contributed by atoms with E-state index >= 15 is 0 Å². The summed E-state index contributed by atoms with van der Waals surface area (Å²) in [5, 5.41) is 12.2. The molecule has 19 heavy (non-hydrogen) atoms. The van der Waals surface area contributed by atoms with Crippen molar-refractivity contribution >= 4 is 12.1 Å². The first-order chi connectivity index (χ1) is 8.63. The van der Waals surface area contributed by atoms with Crippen molar-refractivity contribution in [2.24, 2.45) is 17.8 Å². The van der Waals surface area contributed by atoms with Gasteiger partial charge in [0.1, 0.15) is 5.60 Å². The average Bonchev–Trinajstić information content (AvgIpc) is 2.70. The number of nitrogens with one attached hydrogen (secondary N) is 1. The van der Waals surface area contributed by atoms with Crippen molar-refractivity contribution < 1.29 is 19.4 Å². The first kappa shape index (κ1) is 13.9. The van der Waals surface area contributed by atoms with Gasteiger partial charge in [-0.2, -0.15) is 0 Å². The largest absolute Gasteiger partial charge is 0.481 e. The number of carboxylic acids is 1. The molecule has 0 aromatic rings. The minimum atomic E-state index is -0.865. The van der Waals surface area contributed by atoms with Crippen LogP contribution >= 0.6 is 0 Å². The fourth-order valence-electron chi connectivity index (χ4n) is 3.23. The van der Waals surface area contributed by atoms with Gasteiger partial charge in [-0.05, 0) is 40.0 Å². The Balaban J connectivity index is 2.15. The van der Waals surface area contributed by atoms with E-state index in [1.54, 1.807) is 27.7 Å². The molecule has 2 rings (SSSR count). The smallest absolute Gasteiger partial charge is 0.408 e. The SMILES string of the molecule is CC(C)(C)OC(=O)N[C@]1(C)[C@H](C(=O)O)[C@@H]2C=C[C@H]1C2. The maximum absolute atomic E-state index is 11.9. The average molecular weight is 267 g/mol. The summed E-state index contributed by atoms with van der Waals surface area (Å²) in [5.74, 6) is -1.39. The van der Waals surface area contributed by atoms with Gasteiger partial charge in [-0.15, -0.1) is 0 Å². The molecule has 0 aromatic heterocycles. The number of hydrogen-bond donors (Lipinski definition) is 2. The Morgan fingerprint density at radius 2 is 2.00 bits per heavy atom. The van der Waals surface area contributed by atoms with Crippen LogP contribution in [0.3, 0.4) is 0 Å². The van der Waals surface area contributed by atoms with Crippen LogP contribution in [0.25, 0.3) is 0 Å². The van der Waals surface area contributed by atoms with Crippen molar-refractivity contribution in [2.75, 3.05) is 0 Å². The van der Waals surface area contributed by atoms with E-state index in [1.807, 2.05) is 12.2 Å².